The monoisotopic (exact) mass is 350 g/mol. The van der Waals surface area contributed by atoms with Crippen molar-refractivity contribution >= 4 is 23.2 Å². The Bertz CT molecular complexity index is 711. The largest absolute Gasteiger partial charge is 0.473 e. The van der Waals surface area contributed by atoms with Gasteiger partial charge < -0.3 is 4.74 Å². The SMILES string of the molecule is C=C(C)COc1c(C(F)(F)F)cnn1-c1ccc(Cl)cc1Cl. The van der Waals surface area contributed by atoms with Crippen LogP contribution in [0.2, 0.25) is 10.0 Å². The normalized spacial score (nSPS) is 11.5. The second-order valence-electron chi connectivity index (χ2n) is 4.61. The highest BCUT2D eigenvalue weighted by Gasteiger charge is 2.38. The van der Waals surface area contributed by atoms with Gasteiger partial charge >= 0.3 is 6.18 Å². The molecule has 0 fully saturated rings. The molecule has 0 aliphatic heterocycles. The smallest absolute Gasteiger partial charge is 0.423 e. The highest BCUT2D eigenvalue weighted by atomic mass is 35.5. The predicted molar refractivity (Wildman–Crippen MR) is 78.9 cm³/mol. The van der Waals surface area contributed by atoms with E-state index in [0.29, 0.717) is 16.8 Å². The van der Waals surface area contributed by atoms with Gasteiger partial charge in [0.25, 0.3) is 0 Å². The Hall–Kier alpha value is -1.66. The molecule has 0 saturated carbocycles. The molecule has 0 amide bonds. The lowest BCUT2D eigenvalue weighted by Crippen LogP contribution is -2.11. The fraction of sp³-hybridized carbons (Fsp3) is 0.214. The van der Waals surface area contributed by atoms with E-state index >= 15 is 0 Å². The maximum atomic E-state index is 13.1. The lowest BCUT2D eigenvalue weighted by atomic mass is 10.3. The van der Waals surface area contributed by atoms with Crippen LogP contribution in [0.25, 0.3) is 5.69 Å². The summed E-state index contributed by atoms with van der Waals surface area (Å²) in [4.78, 5) is 0. The van der Waals surface area contributed by atoms with Crippen LogP contribution in [0.5, 0.6) is 5.88 Å². The summed E-state index contributed by atoms with van der Waals surface area (Å²) in [5.74, 6) is -0.445. The fourth-order valence-electron chi connectivity index (χ4n) is 1.69. The highest BCUT2D eigenvalue weighted by molar-refractivity contribution is 6.35. The third kappa shape index (κ3) is 3.56. The lowest BCUT2D eigenvalue weighted by molar-refractivity contribution is -0.138. The number of hydrogen-bond donors (Lipinski definition) is 0. The van der Waals surface area contributed by atoms with Gasteiger partial charge in [0.1, 0.15) is 12.2 Å². The molecule has 8 heteroatoms. The molecule has 118 valence electrons. The van der Waals surface area contributed by atoms with Gasteiger partial charge in [-0.15, -0.1) is 0 Å². The van der Waals surface area contributed by atoms with E-state index in [1.165, 1.54) is 18.2 Å². The van der Waals surface area contributed by atoms with Crippen molar-refractivity contribution < 1.29 is 17.9 Å². The minimum atomic E-state index is -4.60. The quantitative estimate of drug-likeness (QED) is 0.712. The summed E-state index contributed by atoms with van der Waals surface area (Å²) in [5, 5.41) is 4.26. The molecule has 2 aromatic rings. The van der Waals surface area contributed by atoms with E-state index in [4.69, 9.17) is 27.9 Å². The Kier molecular flexibility index (Phi) is 4.72. The summed E-state index contributed by atoms with van der Waals surface area (Å²) in [6.45, 7) is 5.17. The van der Waals surface area contributed by atoms with Gasteiger partial charge in [-0.3, -0.25) is 0 Å². The van der Waals surface area contributed by atoms with Crippen LogP contribution in [-0.4, -0.2) is 16.4 Å². The number of ether oxygens (including phenoxy) is 1. The summed E-state index contributed by atoms with van der Waals surface area (Å²) in [5.41, 5.74) is -0.180. The third-order valence-electron chi connectivity index (χ3n) is 2.62. The Balaban J connectivity index is 2.55. The molecule has 0 saturated heterocycles. The van der Waals surface area contributed by atoms with Gasteiger partial charge in [-0.05, 0) is 30.7 Å². The number of nitrogens with zero attached hydrogens (tertiary/aromatic N) is 2. The van der Waals surface area contributed by atoms with E-state index in [1.807, 2.05) is 0 Å². The first-order valence-corrected chi connectivity index (χ1v) is 6.83. The molecule has 0 spiro atoms. The second kappa shape index (κ2) is 6.22. The zero-order valence-electron chi connectivity index (χ0n) is 11.4. The first-order chi connectivity index (χ1) is 10.2. The van der Waals surface area contributed by atoms with Gasteiger partial charge in [0.05, 0.1) is 16.9 Å². The van der Waals surface area contributed by atoms with Crippen LogP contribution in [0.3, 0.4) is 0 Å². The topological polar surface area (TPSA) is 27.1 Å². The molecule has 0 radical (unpaired) electrons. The van der Waals surface area contributed by atoms with Crippen LogP contribution < -0.4 is 4.74 Å². The van der Waals surface area contributed by atoms with Crippen molar-refractivity contribution in [2.24, 2.45) is 0 Å². The van der Waals surface area contributed by atoms with E-state index in [9.17, 15) is 13.2 Å². The van der Waals surface area contributed by atoms with Crippen molar-refractivity contribution in [2.75, 3.05) is 6.61 Å². The molecule has 1 aromatic carbocycles. The van der Waals surface area contributed by atoms with Crippen LogP contribution >= 0.6 is 23.2 Å². The summed E-state index contributed by atoms with van der Waals surface area (Å²) >= 11 is 11.8. The van der Waals surface area contributed by atoms with E-state index in [-0.39, 0.29) is 17.3 Å². The minimum Gasteiger partial charge on any atom is -0.473 e. The van der Waals surface area contributed by atoms with Gasteiger partial charge in [-0.2, -0.15) is 23.0 Å². The van der Waals surface area contributed by atoms with E-state index in [2.05, 4.69) is 11.7 Å². The Morgan fingerprint density at radius 3 is 2.59 bits per heavy atom. The summed E-state index contributed by atoms with van der Waals surface area (Å²) < 4.78 is 45.4. The zero-order chi connectivity index (χ0) is 16.5. The average Bonchev–Trinajstić information content (AvgIpc) is 2.79. The van der Waals surface area contributed by atoms with Crippen LogP contribution in [0, 0.1) is 0 Å². The fourth-order valence-corrected chi connectivity index (χ4v) is 2.18. The van der Waals surface area contributed by atoms with Gasteiger partial charge in [0.15, 0.2) is 0 Å². The molecular formula is C14H11Cl2F3N2O. The maximum absolute atomic E-state index is 13.1. The first kappa shape index (κ1) is 16.7. The molecule has 22 heavy (non-hydrogen) atoms. The summed E-state index contributed by atoms with van der Waals surface area (Å²) in [7, 11) is 0. The standard InChI is InChI=1S/C14H11Cl2F3N2O/c1-8(2)7-22-13-10(14(17,18)19)6-20-21(13)12-4-3-9(15)5-11(12)16/h3-6H,1,7H2,2H3. The number of benzene rings is 1. The van der Waals surface area contributed by atoms with Gasteiger partial charge in [0.2, 0.25) is 5.88 Å². The lowest BCUT2D eigenvalue weighted by Gasteiger charge is -2.13. The van der Waals surface area contributed by atoms with Crippen molar-refractivity contribution in [3.8, 4) is 11.6 Å². The van der Waals surface area contributed by atoms with E-state index in [0.717, 1.165) is 4.68 Å². The molecule has 2 rings (SSSR count). The van der Waals surface area contributed by atoms with Gasteiger partial charge in [-0.1, -0.05) is 29.8 Å². The molecule has 3 nitrogen and oxygen atoms in total. The molecule has 1 heterocycles. The second-order valence-corrected chi connectivity index (χ2v) is 5.46. The molecule has 0 aliphatic rings. The van der Waals surface area contributed by atoms with Crippen molar-refractivity contribution in [3.05, 3.63) is 52.2 Å². The van der Waals surface area contributed by atoms with Crippen molar-refractivity contribution in [1.82, 2.24) is 9.78 Å². The number of alkyl halides is 3. The number of halogens is 5. The number of rotatable bonds is 4. The molecule has 0 aliphatic carbocycles. The Labute approximate surface area is 134 Å². The van der Waals surface area contributed by atoms with Crippen molar-refractivity contribution in [2.45, 2.75) is 13.1 Å². The minimum absolute atomic E-state index is 0.0695. The molecule has 0 bridgehead atoms. The first-order valence-electron chi connectivity index (χ1n) is 6.08. The third-order valence-corrected chi connectivity index (χ3v) is 3.16. The number of aromatic nitrogens is 2. The number of hydrogen-bond acceptors (Lipinski definition) is 2. The summed E-state index contributed by atoms with van der Waals surface area (Å²) in [6.07, 6.45) is -3.90. The van der Waals surface area contributed by atoms with Crippen LogP contribution in [0.4, 0.5) is 13.2 Å². The Morgan fingerprint density at radius 2 is 2.05 bits per heavy atom. The maximum Gasteiger partial charge on any atom is 0.423 e. The van der Waals surface area contributed by atoms with Gasteiger partial charge in [0, 0.05) is 5.02 Å². The highest BCUT2D eigenvalue weighted by Crippen LogP contribution is 2.38. The Morgan fingerprint density at radius 1 is 1.36 bits per heavy atom. The van der Waals surface area contributed by atoms with Crippen LogP contribution in [-0.2, 0) is 6.18 Å². The molecule has 0 N–H and O–H groups in total. The average molecular weight is 351 g/mol. The van der Waals surface area contributed by atoms with Crippen molar-refractivity contribution in [1.29, 1.82) is 0 Å². The zero-order valence-corrected chi connectivity index (χ0v) is 12.9. The summed E-state index contributed by atoms with van der Waals surface area (Å²) in [6, 6.07) is 4.38. The molecule has 0 unspecified atom stereocenters. The van der Waals surface area contributed by atoms with E-state index in [1.54, 1.807) is 6.92 Å². The van der Waals surface area contributed by atoms with E-state index < -0.39 is 17.6 Å². The van der Waals surface area contributed by atoms with Gasteiger partial charge in [-0.25, -0.2) is 0 Å². The van der Waals surface area contributed by atoms with Crippen LogP contribution in [0.15, 0.2) is 36.5 Å². The molecule has 0 atom stereocenters. The van der Waals surface area contributed by atoms with Crippen molar-refractivity contribution in [3.63, 3.8) is 0 Å². The molecule has 1 aromatic heterocycles. The van der Waals surface area contributed by atoms with Crippen LogP contribution in [0.1, 0.15) is 12.5 Å². The predicted octanol–water partition coefficient (Wildman–Crippen LogP) is 5.15. The molecular weight excluding hydrogens is 340 g/mol.